The van der Waals surface area contributed by atoms with Crippen molar-refractivity contribution >= 4 is 23.7 Å². The third-order valence-electron chi connectivity index (χ3n) is 6.79. The highest BCUT2D eigenvalue weighted by atomic mass is 19.1. The summed E-state index contributed by atoms with van der Waals surface area (Å²) in [6.07, 6.45) is 2.54. The molecule has 4 rings (SSSR count). The van der Waals surface area contributed by atoms with Crippen LogP contribution in [-0.2, 0) is 12.1 Å². The SMILES string of the molecule is C=Cc1ncc(F)c(Nc2n[nH]c3c2CN(C(=O)N2CC(C)(C)N(C)C[C@@H]2C)C3(C)C)n1. The smallest absolute Gasteiger partial charge is 0.321 e. The molecule has 0 unspecified atom stereocenters. The van der Waals surface area contributed by atoms with Gasteiger partial charge in [0.05, 0.1) is 24.0 Å². The summed E-state index contributed by atoms with van der Waals surface area (Å²) in [5.41, 5.74) is 0.945. The van der Waals surface area contributed by atoms with E-state index in [4.69, 9.17) is 0 Å². The fraction of sp³-hybridized carbons (Fsp3) is 0.545. The molecule has 172 valence electrons. The van der Waals surface area contributed by atoms with E-state index in [2.05, 4.69) is 64.8 Å². The van der Waals surface area contributed by atoms with Gasteiger partial charge in [-0.3, -0.25) is 10.00 Å². The monoisotopic (exact) mass is 442 g/mol. The molecule has 1 fully saturated rings. The van der Waals surface area contributed by atoms with Gasteiger partial charge in [0.1, 0.15) is 0 Å². The highest BCUT2D eigenvalue weighted by Crippen LogP contribution is 2.42. The number of urea groups is 1. The van der Waals surface area contributed by atoms with Crippen molar-refractivity contribution in [1.82, 2.24) is 34.9 Å². The van der Waals surface area contributed by atoms with Crippen LogP contribution in [-0.4, -0.2) is 72.6 Å². The maximum Gasteiger partial charge on any atom is 0.321 e. The van der Waals surface area contributed by atoms with Gasteiger partial charge in [0.2, 0.25) is 0 Å². The van der Waals surface area contributed by atoms with Gasteiger partial charge in [0, 0.05) is 30.2 Å². The number of fused-ring (bicyclic) bond motifs is 1. The molecule has 0 spiro atoms. The number of carbonyl (C=O) groups excluding carboxylic acids is 1. The van der Waals surface area contributed by atoms with E-state index in [1.54, 1.807) is 0 Å². The summed E-state index contributed by atoms with van der Waals surface area (Å²) in [5.74, 6) is 0.180. The van der Waals surface area contributed by atoms with Crippen LogP contribution in [0.3, 0.4) is 0 Å². The van der Waals surface area contributed by atoms with Gasteiger partial charge in [-0.15, -0.1) is 0 Å². The number of aromatic nitrogens is 4. The number of hydrogen-bond acceptors (Lipinski definition) is 6. The number of hydrogen-bond donors (Lipinski definition) is 2. The average molecular weight is 443 g/mol. The van der Waals surface area contributed by atoms with E-state index in [1.165, 1.54) is 6.08 Å². The molecule has 0 aromatic carbocycles. The molecule has 9 nitrogen and oxygen atoms in total. The van der Waals surface area contributed by atoms with Crippen molar-refractivity contribution < 1.29 is 9.18 Å². The first-order chi connectivity index (χ1) is 15.0. The van der Waals surface area contributed by atoms with Crippen molar-refractivity contribution in [2.24, 2.45) is 0 Å². The first kappa shape index (κ1) is 22.2. The quantitative estimate of drug-likeness (QED) is 0.758. The minimum absolute atomic E-state index is 0.0126. The lowest BCUT2D eigenvalue weighted by Gasteiger charge is -2.50. The third kappa shape index (κ3) is 3.52. The van der Waals surface area contributed by atoms with Gasteiger partial charge in [-0.05, 0) is 47.7 Å². The molecule has 2 amide bonds. The molecular weight excluding hydrogens is 411 g/mol. The summed E-state index contributed by atoms with van der Waals surface area (Å²) in [4.78, 5) is 27.8. The van der Waals surface area contributed by atoms with Gasteiger partial charge < -0.3 is 15.1 Å². The van der Waals surface area contributed by atoms with Crippen LogP contribution in [0.5, 0.6) is 0 Å². The van der Waals surface area contributed by atoms with Crippen LogP contribution in [0.15, 0.2) is 12.8 Å². The van der Waals surface area contributed by atoms with Gasteiger partial charge in [0.25, 0.3) is 0 Å². The summed E-state index contributed by atoms with van der Waals surface area (Å²) < 4.78 is 14.3. The zero-order chi connectivity index (χ0) is 23.4. The van der Waals surface area contributed by atoms with Gasteiger partial charge in [-0.25, -0.2) is 19.2 Å². The van der Waals surface area contributed by atoms with Crippen LogP contribution in [0.25, 0.3) is 6.08 Å². The molecule has 4 heterocycles. The van der Waals surface area contributed by atoms with Crippen molar-refractivity contribution in [2.75, 3.05) is 25.5 Å². The molecule has 2 N–H and O–H groups in total. The Hall–Kier alpha value is -3.01. The first-order valence-electron chi connectivity index (χ1n) is 10.7. The van der Waals surface area contributed by atoms with E-state index < -0.39 is 11.4 Å². The van der Waals surface area contributed by atoms with Crippen molar-refractivity contribution in [3.8, 4) is 0 Å². The van der Waals surface area contributed by atoms with Gasteiger partial charge >= 0.3 is 6.03 Å². The maximum atomic E-state index is 14.3. The van der Waals surface area contributed by atoms with Crippen LogP contribution in [0, 0.1) is 5.82 Å². The Balaban J connectivity index is 1.60. The van der Waals surface area contributed by atoms with Crippen LogP contribution in [0.2, 0.25) is 0 Å². The van der Waals surface area contributed by atoms with Gasteiger partial charge in [-0.1, -0.05) is 6.58 Å². The molecule has 2 aromatic heterocycles. The maximum absolute atomic E-state index is 14.3. The molecule has 2 aliphatic heterocycles. The Morgan fingerprint density at radius 2 is 2.06 bits per heavy atom. The van der Waals surface area contributed by atoms with Crippen molar-refractivity contribution in [1.29, 1.82) is 0 Å². The van der Waals surface area contributed by atoms with Crippen LogP contribution in [0.1, 0.15) is 51.7 Å². The number of nitrogens with one attached hydrogen (secondary N) is 2. The number of amides is 2. The van der Waals surface area contributed by atoms with Crippen molar-refractivity contribution in [3.63, 3.8) is 0 Å². The molecule has 0 saturated carbocycles. The summed E-state index contributed by atoms with van der Waals surface area (Å²) in [6, 6.07) is 0.0832. The Kier molecular flexibility index (Phi) is 5.23. The highest BCUT2D eigenvalue weighted by molar-refractivity contribution is 5.78. The van der Waals surface area contributed by atoms with Crippen LogP contribution in [0.4, 0.5) is 20.8 Å². The molecule has 1 saturated heterocycles. The summed E-state index contributed by atoms with van der Waals surface area (Å²) in [5, 5.41) is 10.3. The second-order valence-electron chi connectivity index (χ2n) is 9.78. The van der Waals surface area contributed by atoms with Gasteiger partial charge in [-0.2, -0.15) is 5.10 Å². The fourth-order valence-corrected chi connectivity index (χ4v) is 4.45. The minimum Gasteiger partial charge on any atom is -0.321 e. The zero-order valence-corrected chi connectivity index (χ0v) is 19.5. The zero-order valence-electron chi connectivity index (χ0n) is 19.5. The third-order valence-corrected chi connectivity index (χ3v) is 6.79. The van der Waals surface area contributed by atoms with E-state index in [-0.39, 0.29) is 23.4 Å². The standard InChI is InChI=1S/C22H31FN8O/c1-8-16-24-9-15(23)19(25-16)26-18-14-11-31(22(5,6)17(14)27-28-18)20(32)30-12-21(3,4)29(7)10-13(30)2/h8-9,13H,1,10-12H2,2-7H3,(H2,24,25,26,27,28)/t13-/m0/s1. The summed E-state index contributed by atoms with van der Waals surface area (Å²) in [6.45, 7) is 15.8. The molecule has 10 heteroatoms. The number of rotatable bonds is 3. The van der Waals surface area contributed by atoms with E-state index in [0.29, 0.717) is 24.7 Å². The molecule has 0 radical (unpaired) electrons. The molecule has 2 aromatic rings. The van der Waals surface area contributed by atoms with Crippen molar-refractivity contribution in [3.05, 3.63) is 35.7 Å². The normalized spacial score (nSPS) is 22.0. The highest BCUT2D eigenvalue weighted by Gasteiger charge is 2.47. The lowest BCUT2D eigenvalue weighted by Crippen LogP contribution is -2.65. The minimum atomic E-state index is -0.594. The Morgan fingerprint density at radius 3 is 2.75 bits per heavy atom. The molecule has 32 heavy (non-hydrogen) atoms. The first-order valence-corrected chi connectivity index (χ1v) is 10.7. The fourth-order valence-electron chi connectivity index (χ4n) is 4.45. The van der Waals surface area contributed by atoms with Crippen molar-refractivity contribution in [2.45, 2.75) is 58.3 Å². The lowest BCUT2D eigenvalue weighted by atomic mass is 9.96. The van der Waals surface area contributed by atoms with E-state index in [1.807, 2.05) is 23.6 Å². The van der Waals surface area contributed by atoms with E-state index >= 15 is 0 Å². The average Bonchev–Trinajstić information content (AvgIpc) is 3.24. The van der Waals surface area contributed by atoms with Gasteiger partial charge in [0.15, 0.2) is 23.3 Å². The number of piperazine rings is 1. The summed E-state index contributed by atoms with van der Waals surface area (Å²) in [7, 11) is 2.09. The molecular formula is C22H31FN8O. The van der Waals surface area contributed by atoms with E-state index in [9.17, 15) is 9.18 Å². The van der Waals surface area contributed by atoms with Crippen LogP contribution < -0.4 is 5.32 Å². The number of H-pyrrole nitrogens is 1. The number of aromatic amines is 1. The number of carbonyl (C=O) groups is 1. The Bertz CT molecular complexity index is 1060. The van der Waals surface area contributed by atoms with E-state index in [0.717, 1.165) is 24.0 Å². The van der Waals surface area contributed by atoms with Crippen LogP contribution >= 0.6 is 0 Å². The Labute approximate surface area is 187 Å². The topological polar surface area (TPSA) is 93.3 Å². The second-order valence-corrected chi connectivity index (χ2v) is 9.78. The number of likely N-dealkylation sites (N-methyl/N-ethyl adjacent to an activating group) is 1. The number of nitrogens with zero attached hydrogens (tertiary/aromatic N) is 6. The molecule has 1 atom stereocenters. The number of halogens is 1. The largest absolute Gasteiger partial charge is 0.321 e. The molecule has 0 aliphatic carbocycles. The Morgan fingerprint density at radius 1 is 1.34 bits per heavy atom. The predicted octanol–water partition coefficient (Wildman–Crippen LogP) is 3.31. The molecule has 0 bridgehead atoms. The molecule has 2 aliphatic rings. The lowest BCUT2D eigenvalue weighted by molar-refractivity contribution is 0.00695. The predicted molar refractivity (Wildman–Crippen MR) is 121 cm³/mol. The second kappa shape index (κ2) is 7.54. The number of anilines is 2. The summed E-state index contributed by atoms with van der Waals surface area (Å²) >= 11 is 0.